The van der Waals surface area contributed by atoms with Gasteiger partial charge in [-0.1, -0.05) is 18.2 Å². The Labute approximate surface area is 177 Å². The molecule has 4 rings (SSSR count). The Kier molecular flexibility index (Phi) is 5.75. The summed E-state index contributed by atoms with van der Waals surface area (Å²) < 4.78 is 15.9. The molecule has 0 spiro atoms. The minimum Gasteiger partial charge on any atom is -0.497 e. The van der Waals surface area contributed by atoms with Crippen LogP contribution in [0.3, 0.4) is 0 Å². The molecule has 31 heavy (non-hydrogen) atoms. The predicted octanol–water partition coefficient (Wildman–Crippen LogP) is 4.42. The third-order valence-electron chi connectivity index (χ3n) is 4.45. The number of ether oxygens (including phenoxy) is 2. The topological polar surface area (TPSA) is 90.1 Å². The summed E-state index contributed by atoms with van der Waals surface area (Å²) in [7, 11) is 1.56. The molecule has 1 heterocycles. The van der Waals surface area contributed by atoms with Crippen LogP contribution >= 0.6 is 0 Å². The second-order valence-electron chi connectivity index (χ2n) is 6.53. The van der Waals surface area contributed by atoms with Gasteiger partial charge in [0.15, 0.2) is 5.76 Å². The van der Waals surface area contributed by atoms with Gasteiger partial charge < -0.3 is 13.9 Å². The van der Waals surface area contributed by atoms with Crippen LogP contribution in [0.1, 0.15) is 26.5 Å². The van der Waals surface area contributed by atoms with Gasteiger partial charge in [0.05, 0.1) is 18.9 Å². The van der Waals surface area contributed by atoms with Crippen LogP contribution in [0.5, 0.6) is 11.5 Å². The lowest BCUT2D eigenvalue weighted by molar-refractivity contribution is 0.0734. The second kappa shape index (κ2) is 8.96. The fraction of sp³-hybridized carbons (Fsp3) is 0.0417. The number of benzene rings is 3. The summed E-state index contributed by atoms with van der Waals surface area (Å²) >= 11 is 0. The number of esters is 1. The maximum Gasteiger partial charge on any atom is 0.343 e. The van der Waals surface area contributed by atoms with Crippen molar-refractivity contribution >= 4 is 29.1 Å². The largest absolute Gasteiger partial charge is 0.497 e. The summed E-state index contributed by atoms with van der Waals surface area (Å²) in [5.41, 5.74) is 4.20. The van der Waals surface area contributed by atoms with Gasteiger partial charge in [0.2, 0.25) is 0 Å². The van der Waals surface area contributed by atoms with Crippen LogP contribution in [0.4, 0.5) is 0 Å². The Morgan fingerprint density at radius 2 is 1.65 bits per heavy atom. The van der Waals surface area contributed by atoms with Crippen molar-refractivity contribution in [3.8, 4) is 11.5 Å². The van der Waals surface area contributed by atoms with Gasteiger partial charge in [0, 0.05) is 5.39 Å². The smallest absolute Gasteiger partial charge is 0.343 e. The van der Waals surface area contributed by atoms with E-state index in [-0.39, 0.29) is 5.76 Å². The molecule has 154 valence electrons. The average Bonchev–Trinajstić information content (AvgIpc) is 3.25. The molecule has 0 aliphatic rings. The summed E-state index contributed by atoms with van der Waals surface area (Å²) in [6.45, 7) is 0. The number of hydrazone groups is 1. The third kappa shape index (κ3) is 4.79. The highest BCUT2D eigenvalue weighted by molar-refractivity contribution is 5.96. The molecule has 3 aromatic carbocycles. The highest BCUT2D eigenvalue weighted by Crippen LogP contribution is 2.19. The zero-order valence-corrected chi connectivity index (χ0v) is 16.6. The average molecular weight is 414 g/mol. The molecule has 4 aromatic rings. The van der Waals surface area contributed by atoms with E-state index in [4.69, 9.17) is 13.9 Å². The van der Waals surface area contributed by atoms with E-state index >= 15 is 0 Å². The van der Waals surface area contributed by atoms with Gasteiger partial charge >= 0.3 is 11.9 Å². The first-order valence-electron chi connectivity index (χ1n) is 9.41. The Morgan fingerprint density at radius 1 is 0.935 bits per heavy atom. The summed E-state index contributed by atoms with van der Waals surface area (Å²) in [4.78, 5) is 24.4. The summed E-state index contributed by atoms with van der Waals surface area (Å²) in [6, 6.07) is 22.4. The number of rotatable bonds is 6. The van der Waals surface area contributed by atoms with Crippen LogP contribution < -0.4 is 14.9 Å². The number of fused-ring (bicyclic) bond motifs is 1. The molecule has 0 bridgehead atoms. The van der Waals surface area contributed by atoms with Gasteiger partial charge in [-0.15, -0.1) is 0 Å². The van der Waals surface area contributed by atoms with Crippen molar-refractivity contribution in [1.29, 1.82) is 0 Å². The van der Waals surface area contributed by atoms with E-state index in [1.54, 1.807) is 67.8 Å². The Balaban J connectivity index is 1.33. The first-order chi connectivity index (χ1) is 15.1. The van der Waals surface area contributed by atoms with E-state index in [0.717, 1.165) is 5.39 Å². The number of furan rings is 1. The molecule has 0 saturated heterocycles. The number of hydrogen-bond acceptors (Lipinski definition) is 6. The van der Waals surface area contributed by atoms with Crippen molar-refractivity contribution in [3.05, 3.63) is 95.7 Å². The molecule has 0 radical (unpaired) electrons. The minimum atomic E-state index is -0.470. The lowest BCUT2D eigenvalue weighted by Crippen LogP contribution is -2.16. The van der Waals surface area contributed by atoms with Crippen molar-refractivity contribution in [2.45, 2.75) is 0 Å². The van der Waals surface area contributed by atoms with Crippen LogP contribution in [0, 0.1) is 0 Å². The normalized spacial score (nSPS) is 10.9. The lowest BCUT2D eigenvalue weighted by atomic mass is 10.2. The Hall–Kier alpha value is -4.39. The number of methoxy groups -OCH3 is 1. The molecule has 7 heteroatoms. The minimum absolute atomic E-state index is 0.180. The molecule has 0 aliphatic carbocycles. The molecule has 1 amide bonds. The molecule has 0 atom stereocenters. The summed E-state index contributed by atoms with van der Waals surface area (Å²) in [5.74, 6) is 0.315. The van der Waals surface area contributed by atoms with Crippen molar-refractivity contribution in [3.63, 3.8) is 0 Å². The van der Waals surface area contributed by atoms with Gasteiger partial charge in [-0.2, -0.15) is 5.10 Å². The standard InChI is InChI=1S/C24H18N2O5/c1-29-19-12-8-17(9-13-19)24(28)30-20-10-6-16(7-11-20)15-25-26-23(27)22-14-18-4-2-3-5-21(18)31-22/h2-15H,1H3,(H,26,27). The highest BCUT2D eigenvalue weighted by Gasteiger charge is 2.11. The van der Waals surface area contributed by atoms with Gasteiger partial charge in [0.25, 0.3) is 0 Å². The van der Waals surface area contributed by atoms with Crippen LogP contribution in [-0.2, 0) is 0 Å². The number of carbonyl (C=O) groups is 2. The first-order valence-corrected chi connectivity index (χ1v) is 9.41. The maximum absolute atomic E-state index is 12.2. The third-order valence-corrected chi connectivity index (χ3v) is 4.45. The van der Waals surface area contributed by atoms with E-state index in [0.29, 0.717) is 28.2 Å². The lowest BCUT2D eigenvalue weighted by Gasteiger charge is -2.05. The number of para-hydroxylation sites is 1. The molecule has 7 nitrogen and oxygen atoms in total. The van der Waals surface area contributed by atoms with Gasteiger partial charge in [-0.3, -0.25) is 4.79 Å². The van der Waals surface area contributed by atoms with E-state index in [1.165, 1.54) is 6.21 Å². The SMILES string of the molecule is COc1ccc(C(=O)Oc2ccc(C=NNC(=O)c3cc4ccccc4o3)cc2)cc1. The molecule has 1 aromatic heterocycles. The predicted molar refractivity (Wildman–Crippen MR) is 116 cm³/mol. The molecule has 0 saturated carbocycles. The monoisotopic (exact) mass is 414 g/mol. The number of carbonyl (C=O) groups excluding carboxylic acids is 2. The maximum atomic E-state index is 12.2. The molecule has 1 N–H and O–H groups in total. The van der Waals surface area contributed by atoms with Gasteiger partial charge in [0.1, 0.15) is 17.1 Å². The molecular formula is C24H18N2O5. The number of nitrogens with one attached hydrogen (secondary N) is 1. The van der Waals surface area contributed by atoms with Crippen LogP contribution in [0.25, 0.3) is 11.0 Å². The van der Waals surface area contributed by atoms with Crippen molar-refractivity contribution in [2.75, 3.05) is 7.11 Å². The fourth-order valence-corrected chi connectivity index (χ4v) is 2.83. The van der Waals surface area contributed by atoms with Crippen molar-refractivity contribution < 1.29 is 23.5 Å². The van der Waals surface area contributed by atoms with E-state index in [2.05, 4.69) is 10.5 Å². The Bertz CT molecular complexity index is 1210. The van der Waals surface area contributed by atoms with Crippen LogP contribution in [0.15, 0.2) is 88.4 Å². The number of hydrogen-bond donors (Lipinski definition) is 1. The van der Waals surface area contributed by atoms with Crippen LogP contribution in [-0.4, -0.2) is 25.2 Å². The molecular weight excluding hydrogens is 396 g/mol. The highest BCUT2D eigenvalue weighted by atomic mass is 16.5. The fourth-order valence-electron chi connectivity index (χ4n) is 2.83. The van der Waals surface area contributed by atoms with Crippen molar-refractivity contribution in [2.24, 2.45) is 5.10 Å². The van der Waals surface area contributed by atoms with E-state index in [9.17, 15) is 9.59 Å². The summed E-state index contributed by atoms with van der Waals surface area (Å²) in [5, 5.41) is 4.78. The second-order valence-corrected chi connectivity index (χ2v) is 6.53. The van der Waals surface area contributed by atoms with Gasteiger partial charge in [-0.25, -0.2) is 10.2 Å². The van der Waals surface area contributed by atoms with Gasteiger partial charge in [-0.05, 0) is 66.2 Å². The number of amides is 1. The van der Waals surface area contributed by atoms with E-state index < -0.39 is 11.9 Å². The zero-order chi connectivity index (χ0) is 21.6. The van der Waals surface area contributed by atoms with E-state index in [1.807, 2.05) is 18.2 Å². The number of nitrogens with zero attached hydrogens (tertiary/aromatic N) is 1. The molecule has 0 unspecified atom stereocenters. The zero-order valence-electron chi connectivity index (χ0n) is 16.6. The quantitative estimate of drug-likeness (QED) is 0.218. The Morgan fingerprint density at radius 3 is 2.35 bits per heavy atom. The summed E-state index contributed by atoms with van der Waals surface area (Å²) in [6.07, 6.45) is 1.48. The first kappa shape index (κ1) is 19.9. The van der Waals surface area contributed by atoms with Crippen LogP contribution in [0.2, 0.25) is 0 Å². The van der Waals surface area contributed by atoms with Crippen molar-refractivity contribution in [1.82, 2.24) is 5.43 Å². The molecule has 0 aliphatic heterocycles. The molecule has 0 fully saturated rings.